The Morgan fingerprint density at radius 3 is 2.68 bits per heavy atom. The quantitative estimate of drug-likeness (QED) is 0.818. The van der Waals surface area contributed by atoms with E-state index in [2.05, 4.69) is 4.98 Å². The number of carbonyl (C=O) groups excluding carboxylic acids is 1. The Morgan fingerprint density at radius 2 is 2.00 bits per heavy atom. The fourth-order valence-corrected chi connectivity index (χ4v) is 1.59. The lowest BCUT2D eigenvalue weighted by Gasteiger charge is -2.04. The highest BCUT2D eigenvalue weighted by molar-refractivity contribution is 6.10. The van der Waals surface area contributed by atoms with E-state index in [4.69, 9.17) is 10.5 Å². The Kier molecular flexibility index (Phi) is 3.22. The predicted octanol–water partition coefficient (Wildman–Crippen LogP) is 1.76. The Hall–Kier alpha value is -3.18. The minimum atomic E-state index is -0.591. The number of phenolic OH excluding ortho intramolecular Hbond substituents is 1. The van der Waals surface area contributed by atoms with Gasteiger partial charge in [-0.2, -0.15) is 10.5 Å². The lowest BCUT2D eigenvalue weighted by Crippen LogP contribution is -2.07. The van der Waals surface area contributed by atoms with Crippen molar-refractivity contribution in [2.45, 2.75) is 0 Å². The van der Waals surface area contributed by atoms with Crippen LogP contribution in [-0.4, -0.2) is 15.9 Å². The number of pyridine rings is 1. The van der Waals surface area contributed by atoms with E-state index in [1.54, 1.807) is 6.07 Å². The lowest BCUT2D eigenvalue weighted by atomic mass is 10.0. The molecule has 0 radical (unpaired) electrons. The van der Waals surface area contributed by atoms with Gasteiger partial charge < -0.3 is 5.11 Å². The third kappa shape index (κ3) is 2.26. The van der Waals surface area contributed by atoms with E-state index in [0.717, 1.165) is 0 Å². The maximum Gasteiger partial charge on any atom is 0.216 e. The topological polar surface area (TPSA) is 97.8 Å². The normalized spacial score (nSPS) is 9.37. The van der Waals surface area contributed by atoms with E-state index in [0.29, 0.717) is 0 Å². The van der Waals surface area contributed by atoms with Crippen LogP contribution in [-0.2, 0) is 0 Å². The second-order valence-electron chi connectivity index (χ2n) is 3.68. The zero-order chi connectivity index (χ0) is 13.8. The van der Waals surface area contributed by atoms with Crippen LogP contribution in [0.4, 0.5) is 0 Å². The number of hydrogen-bond donors (Lipinski definition) is 1. The summed E-state index contributed by atoms with van der Waals surface area (Å²) in [4.78, 5) is 16.1. The van der Waals surface area contributed by atoms with E-state index in [9.17, 15) is 9.90 Å². The van der Waals surface area contributed by atoms with Gasteiger partial charge in [-0.3, -0.25) is 9.78 Å². The van der Waals surface area contributed by atoms with Crippen LogP contribution in [0.3, 0.4) is 0 Å². The number of hydrogen-bond acceptors (Lipinski definition) is 5. The molecule has 1 aromatic heterocycles. The van der Waals surface area contributed by atoms with Crippen molar-refractivity contribution in [3.05, 3.63) is 58.9 Å². The summed E-state index contributed by atoms with van der Waals surface area (Å²) in [6.07, 6.45) is 1.39. The first-order valence-electron chi connectivity index (χ1n) is 5.30. The van der Waals surface area contributed by atoms with Crippen LogP contribution < -0.4 is 0 Å². The lowest BCUT2D eigenvalue weighted by molar-refractivity contribution is 0.103. The Morgan fingerprint density at radius 1 is 1.21 bits per heavy atom. The van der Waals surface area contributed by atoms with Gasteiger partial charge in [0, 0.05) is 6.20 Å². The van der Waals surface area contributed by atoms with E-state index in [1.165, 1.54) is 30.5 Å². The smallest absolute Gasteiger partial charge is 0.216 e. The summed E-state index contributed by atoms with van der Waals surface area (Å²) in [7, 11) is 0. The number of ketones is 1. The number of phenols is 1. The molecule has 5 heteroatoms. The molecule has 0 spiro atoms. The predicted molar refractivity (Wildman–Crippen MR) is 65.2 cm³/mol. The van der Waals surface area contributed by atoms with Gasteiger partial charge in [-0.15, -0.1) is 0 Å². The van der Waals surface area contributed by atoms with Crippen molar-refractivity contribution >= 4 is 5.78 Å². The third-order valence-corrected chi connectivity index (χ3v) is 2.51. The van der Waals surface area contributed by atoms with Gasteiger partial charge in [-0.05, 0) is 30.3 Å². The molecule has 0 aliphatic carbocycles. The maximum absolute atomic E-state index is 12.2. The minimum Gasteiger partial charge on any atom is -0.507 e. The highest BCUT2D eigenvalue weighted by Gasteiger charge is 2.18. The second-order valence-corrected chi connectivity index (χ2v) is 3.68. The van der Waals surface area contributed by atoms with Crippen molar-refractivity contribution in [3.63, 3.8) is 0 Å². The van der Waals surface area contributed by atoms with E-state index in [1.807, 2.05) is 12.1 Å². The molecule has 0 atom stereocenters. The van der Waals surface area contributed by atoms with Crippen molar-refractivity contribution in [2.75, 3.05) is 0 Å². The first kappa shape index (κ1) is 12.3. The molecule has 1 aromatic carbocycles. The molecule has 0 amide bonds. The Labute approximate surface area is 109 Å². The van der Waals surface area contributed by atoms with Crippen molar-refractivity contribution in [1.29, 1.82) is 10.5 Å². The largest absolute Gasteiger partial charge is 0.507 e. The highest BCUT2D eigenvalue weighted by atomic mass is 16.3. The first-order valence-corrected chi connectivity index (χ1v) is 5.30. The summed E-state index contributed by atoms with van der Waals surface area (Å²) >= 11 is 0. The van der Waals surface area contributed by atoms with E-state index >= 15 is 0 Å². The summed E-state index contributed by atoms with van der Waals surface area (Å²) in [5.41, 5.74) is 0.273. The molecule has 19 heavy (non-hydrogen) atoms. The highest BCUT2D eigenvalue weighted by Crippen LogP contribution is 2.22. The summed E-state index contributed by atoms with van der Waals surface area (Å²) in [5.74, 6) is -0.842. The van der Waals surface area contributed by atoms with E-state index in [-0.39, 0.29) is 28.1 Å². The second kappa shape index (κ2) is 4.99. The molecular formula is C14H7N3O2. The monoisotopic (exact) mass is 249 g/mol. The van der Waals surface area contributed by atoms with Crippen LogP contribution in [0.15, 0.2) is 36.5 Å². The van der Waals surface area contributed by atoms with Gasteiger partial charge in [-0.1, -0.05) is 0 Å². The Bertz CT molecular complexity index is 739. The number of rotatable bonds is 2. The number of carbonyl (C=O) groups is 1. The molecule has 0 aliphatic heterocycles. The van der Waals surface area contributed by atoms with Crippen LogP contribution in [0.2, 0.25) is 0 Å². The Balaban J connectivity index is 2.57. The SMILES string of the molecule is N#Cc1ccc(O)c(C(=O)c2ncccc2C#N)c1. The summed E-state index contributed by atoms with van der Waals surface area (Å²) in [6, 6.07) is 10.7. The molecule has 1 N–H and O–H groups in total. The van der Waals surface area contributed by atoms with Crippen molar-refractivity contribution in [2.24, 2.45) is 0 Å². The molecule has 90 valence electrons. The zero-order valence-electron chi connectivity index (χ0n) is 9.66. The van der Waals surface area contributed by atoms with Crippen LogP contribution in [0.1, 0.15) is 27.2 Å². The number of benzene rings is 1. The molecule has 1 heterocycles. The summed E-state index contributed by atoms with van der Waals surface area (Å²) in [6.45, 7) is 0. The van der Waals surface area contributed by atoms with Crippen LogP contribution >= 0.6 is 0 Å². The van der Waals surface area contributed by atoms with Crippen molar-refractivity contribution < 1.29 is 9.90 Å². The number of nitriles is 2. The fraction of sp³-hybridized carbons (Fsp3) is 0. The number of aromatic nitrogens is 1. The first-order chi connectivity index (χ1) is 9.17. The standard InChI is InChI=1S/C14H7N3O2/c15-7-9-3-4-12(18)11(6-9)14(19)13-10(8-16)2-1-5-17-13/h1-6,18H. The van der Waals surface area contributed by atoms with Crippen LogP contribution in [0, 0.1) is 22.7 Å². The summed E-state index contributed by atoms with van der Waals surface area (Å²) in [5, 5.41) is 27.4. The fourth-order valence-electron chi connectivity index (χ4n) is 1.59. The number of nitrogens with zero attached hydrogens (tertiary/aromatic N) is 3. The molecule has 0 aliphatic rings. The van der Waals surface area contributed by atoms with Crippen molar-refractivity contribution in [1.82, 2.24) is 4.98 Å². The molecule has 0 saturated carbocycles. The average molecular weight is 249 g/mol. The average Bonchev–Trinajstić information content (AvgIpc) is 2.47. The van der Waals surface area contributed by atoms with Gasteiger partial charge in [0.2, 0.25) is 5.78 Å². The molecular weight excluding hydrogens is 242 g/mol. The third-order valence-electron chi connectivity index (χ3n) is 2.51. The summed E-state index contributed by atoms with van der Waals surface area (Å²) < 4.78 is 0. The van der Waals surface area contributed by atoms with Gasteiger partial charge in [0.1, 0.15) is 17.5 Å². The van der Waals surface area contributed by atoms with Gasteiger partial charge in [-0.25, -0.2) is 0 Å². The molecule has 0 unspecified atom stereocenters. The van der Waals surface area contributed by atoms with Gasteiger partial charge in [0.25, 0.3) is 0 Å². The molecule has 0 fully saturated rings. The maximum atomic E-state index is 12.2. The van der Waals surface area contributed by atoms with Crippen molar-refractivity contribution in [3.8, 4) is 17.9 Å². The molecule has 0 bridgehead atoms. The minimum absolute atomic E-state index is 0.0459. The molecule has 5 nitrogen and oxygen atoms in total. The van der Waals surface area contributed by atoms with Gasteiger partial charge in [0.05, 0.1) is 22.8 Å². The van der Waals surface area contributed by atoms with Gasteiger partial charge >= 0.3 is 0 Å². The van der Waals surface area contributed by atoms with Gasteiger partial charge in [0.15, 0.2) is 0 Å². The molecule has 0 saturated heterocycles. The number of aromatic hydroxyl groups is 1. The van der Waals surface area contributed by atoms with Crippen LogP contribution in [0.25, 0.3) is 0 Å². The van der Waals surface area contributed by atoms with E-state index < -0.39 is 5.78 Å². The molecule has 2 aromatic rings. The zero-order valence-corrected chi connectivity index (χ0v) is 9.66. The molecule has 2 rings (SSSR count). The van der Waals surface area contributed by atoms with Crippen LogP contribution in [0.5, 0.6) is 5.75 Å².